The lowest BCUT2D eigenvalue weighted by Gasteiger charge is -2.35. The highest BCUT2D eigenvalue weighted by atomic mass is 35.5. The average molecular weight is 411 g/mol. The van der Waals surface area contributed by atoms with Crippen LogP contribution >= 0.6 is 11.6 Å². The van der Waals surface area contributed by atoms with E-state index in [-0.39, 0.29) is 34.1 Å². The standard InChI is InChI=1S/C18H23ClN4O5/c1-18(2,3)27-17(25)23(4)10-8-12(19)21-14-13(10)22-28-15(14)16(24)20-9-6-7-11(9)26-5/h8-9,11H,6-7H2,1-5H3,(H,20,24)/t9-,11-/m1/s1. The van der Waals surface area contributed by atoms with Crippen LogP contribution in [0.3, 0.4) is 0 Å². The predicted octanol–water partition coefficient (Wildman–Crippen LogP) is 3.15. The Kier molecular flexibility index (Phi) is 5.49. The van der Waals surface area contributed by atoms with Gasteiger partial charge in [0.1, 0.15) is 16.3 Å². The molecule has 0 radical (unpaired) electrons. The van der Waals surface area contributed by atoms with Gasteiger partial charge in [-0.3, -0.25) is 9.69 Å². The largest absolute Gasteiger partial charge is 0.443 e. The summed E-state index contributed by atoms with van der Waals surface area (Å²) in [7, 11) is 3.12. The lowest BCUT2D eigenvalue weighted by atomic mass is 9.89. The molecule has 1 fully saturated rings. The Morgan fingerprint density at radius 2 is 2.04 bits per heavy atom. The molecular formula is C18H23ClN4O5. The van der Waals surface area contributed by atoms with Crippen LogP contribution in [0.15, 0.2) is 10.6 Å². The Balaban J connectivity index is 1.90. The van der Waals surface area contributed by atoms with Gasteiger partial charge >= 0.3 is 6.09 Å². The van der Waals surface area contributed by atoms with Gasteiger partial charge in [0.05, 0.1) is 17.8 Å². The molecule has 2 aromatic rings. The van der Waals surface area contributed by atoms with Crippen LogP contribution in [0.2, 0.25) is 5.15 Å². The summed E-state index contributed by atoms with van der Waals surface area (Å²) < 4.78 is 15.9. The number of aromatic nitrogens is 2. The van der Waals surface area contributed by atoms with Gasteiger partial charge in [0.25, 0.3) is 5.91 Å². The minimum atomic E-state index is -0.670. The van der Waals surface area contributed by atoms with Gasteiger partial charge in [-0.15, -0.1) is 0 Å². The Bertz CT molecular complexity index is 905. The number of hydrogen-bond acceptors (Lipinski definition) is 7. The molecule has 2 atom stereocenters. The van der Waals surface area contributed by atoms with Crippen molar-refractivity contribution in [2.75, 3.05) is 19.1 Å². The van der Waals surface area contributed by atoms with Gasteiger partial charge in [0, 0.05) is 20.2 Å². The van der Waals surface area contributed by atoms with Crippen molar-refractivity contribution >= 4 is 40.3 Å². The van der Waals surface area contributed by atoms with E-state index >= 15 is 0 Å². The second-order valence-corrected chi connectivity index (χ2v) is 8.03. The van der Waals surface area contributed by atoms with Gasteiger partial charge < -0.3 is 19.3 Å². The Morgan fingerprint density at radius 3 is 2.61 bits per heavy atom. The Morgan fingerprint density at radius 1 is 1.32 bits per heavy atom. The molecule has 0 unspecified atom stereocenters. The van der Waals surface area contributed by atoms with Crippen LogP contribution in [0.5, 0.6) is 0 Å². The normalized spacial score (nSPS) is 19.2. The van der Waals surface area contributed by atoms with Crippen molar-refractivity contribution in [3.63, 3.8) is 0 Å². The highest BCUT2D eigenvalue weighted by molar-refractivity contribution is 6.30. The summed E-state index contributed by atoms with van der Waals surface area (Å²) in [6.07, 6.45) is 1.08. The summed E-state index contributed by atoms with van der Waals surface area (Å²) in [5, 5.41) is 6.87. The van der Waals surface area contributed by atoms with E-state index < -0.39 is 17.6 Å². The fourth-order valence-electron chi connectivity index (χ4n) is 2.86. The van der Waals surface area contributed by atoms with Crippen LogP contribution in [-0.4, -0.2) is 54.0 Å². The topological polar surface area (TPSA) is 107 Å². The van der Waals surface area contributed by atoms with Crippen molar-refractivity contribution in [2.24, 2.45) is 0 Å². The van der Waals surface area contributed by atoms with Gasteiger partial charge in [-0.2, -0.15) is 0 Å². The van der Waals surface area contributed by atoms with Crippen molar-refractivity contribution in [3.05, 3.63) is 17.0 Å². The molecule has 1 aliphatic rings. The predicted molar refractivity (Wildman–Crippen MR) is 103 cm³/mol. The molecule has 2 aromatic heterocycles. The van der Waals surface area contributed by atoms with Gasteiger partial charge in [-0.05, 0) is 33.6 Å². The van der Waals surface area contributed by atoms with E-state index in [9.17, 15) is 9.59 Å². The minimum Gasteiger partial charge on any atom is -0.443 e. The van der Waals surface area contributed by atoms with Crippen molar-refractivity contribution < 1.29 is 23.6 Å². The first-order valence-electron chi connectivity index (χ1n) is 8.87. The number of carbonyl (C=O) groups is 2. The molecule has 2 heterocycles. The van der Waals surface area contributed by atoms with Crippen molar-refractivity contribution in [2.45, 2.75) is 51.4 Å². The maximum absolute atomic E-state index is 12.6. The van der Waals surface area contributed by atoms with Crippen molar-refractivity contribution in [1.29, 1.82) is 0 Å². The summed E-state index contributed by atoms with van der Waals surface area (Å²) in [5.74, 6) is -0.534. The summed E-state index contributed by atoms with van der Waals surface area (Å²) in [6.45, 7) is 5.29. The summed E-state index contributed by atoms with van der Waals surface area (Å²) in [5.41, 5.74) is 0.0607. The first-order chi connectivity index (χ1) is 13.1. The molecule has 0 aliphatic heterocycles. The molecule has 0 aromatic carbocycles. The van der Waals surface area contributed by atoms with Gasteiger partial charge in [0.15, 0.2) is 5.52 Å². The zero-order valence-electron chi connectivity index (χ0n) is 16.4. The number of ether oxygens (including phenoxy) is 2. The second kappa shape index (κ2) is 7.56. The molecule has 3 rings (SSSR count). The Labute approximate surface area is 167 Å². The maximum atomic E-state index is 12.6. The van der Waals surface area contributed by atoms with E-state index in [4.69, 9.17) is 25.6 Å². The Hall–Kier alpha value is -2.39. The monoisotopic (exact) mass is 410 g/mol. The number of nitrogens with zero attached hydrogens (tertiary/aromatic N) is 3. The smallest absolute Gasteiger partial charge is 0.414 e. The number of pyridine rings is 1. The van der Waals surface area contributed by atoms with E-state index in [1.54, 1.807) is 27.9 Å². The molecule has 1 N–H and O–H groups in total. The SMILES string of the molecule is CO[C@@H]1CC[C@H]1NC(=O)c1onc2c(N(C)C(=O)OC(C)(C)C)cc(Cl)nc12. The first-order valence-corrected chi connectivity index (χ1v) is 9.25. The number of fused-ring (bicyclic) bond motifs is 1. The quantitative estimate of drug-likeness (QED) is 0.771. The lowest BCUT2D eigenvalue weighted by molar-refractivity contribution is 0.00677. The molecular weight excluding hydrogens is 388 g/mol. The third-order valence-electron chi connectivity index (χ3n) is 4.45. The van der Waals surface area contributed by atoms with Crippen LogP contribution in [0.4, 0.5) is 10.5 Å². The summed E-state index contributed by atoms with van der Waals surface area (Å²) in [6, 6.07) is 1.37. The number of carbonyl (C=O) groups excluding carboxylic acids is 2. The molecule has 152 valence electrons. The minimum absolute atomic E-state index is 0.0245. The molecule has 1 saturated carbocycles. The van der Waals surface area contributed by atoms with Gasteiger partial charge in [-0.25, -0.2) is 9.78 Å². The fourth-order valence-corrected chi connectivity index (χ4v) is 3.05. The summed E-state index contributed by atoms with van der Waals surface area (Å²) >= 11 is 6.12. The van der Waals surface area contributed by atoms with Crippen LogP contribution in [0.1, 0.15) is 44.2 Å². The van der Waals surface area contributed by atoms with Gasteiger partial charge in [-0.1, -0.05) is 16.8 Å². The third kappa shape index (κ3) is 4.05. The third-order valence-corrected chi connectivity index (χ3v) is 4.64. The highest BCUT2D eigenvalue weighted by Crippen LogP contribution is 2.31. The molecule has 0 spiro atoms. The van der Waals surface area contributed by atoms with E-state index in [0.29, 0.717) is 5.69 Å². The number of anilines is 1. The molecule has 1 aliphatic carbocycles. The van der Waals surface area contributed by atoms with Gasteiger partial charge in [0.2, 0.25) is 5.76 Å². The fraction of sp³-hybridized carbons (Fsp3) is 0.556. The zero-order valence-corrected chi connectivity index (χ0v) is 17.2. The highest BCUT2D eigenvalue weighted by Gasteiger charge is 2.34. The average Bonchev–Trinajstić information content (AvgIpc) is 2.99. The zero-order chi connectivity index (χ0) is 20.6. The number of nitrogens with one attached hydrogen (secondary N) is 1. The number of rotatable bonds is 4. The number of halogens is 1. The number of amides is 2. The molecule has 10 heteroatoms. The molecule has 9 nitrogen and oxygen atoms in total. The van der Waals surface area contributed by atoms with Crippen LogP contribution < -0.4 is 10.2 Å². The first kappa shape index (κ1) is 20.3. The number of hydrogen-bond donors (Lipinski definition) is 1. The van der Waals surface area contributed by atoms with E-state index in [0.717, 1.165) is 12.8 Å². The molecule has 0 saturated heterocycles. The summed E-state index contributed by atoms with van der Waals surface area (Å²) in [4.78, 5) is 30.4. The van der Waals surface area contributed by atoms with Crippen LogP contribution in [-0.2, 0) is 9.47 Å². The van der Waals surface area contributed by atoms with Crippen molar-refractivity contribution in [1.82, 2.24) is 15.5 Å². The number of methoxy groups -OCH3 is 1. The second-order valence-electron chi connectivity index (χ2n) is 7.64. The van der Waals surface area contributed by atoms with Crippen molar-refractivity contribution in [3.8, 4) is 0 Å². The van der Waals surface area contributed by atoms with Crippen LogP contribution in [0.25, 0.3) is 11.0 Å². The van der Waals surface area contributed by atoms with Crippen LogP contribution in [0, 0.1) is 0 Å². The van der Waals surface area contributed by atoms with E-state index in [2.05, 4.69) is 15.5 Å². The lowest BCUT2D eigenvalue weighted by Crippen LogP contribution is -2.51. The molecule has 0 bridgehead atoms. The maximum Gasteiger partial charge on any atom is 0.414 e. The van der Waals surface area contributed by atoms with E-state index in [1.807, 2.05) is 0 Å². The molecule has 28 heavy (non-hydrogen) atoms. The van der Waals surface area contributed by atoms with E-state index in [1.165, 1.54) is 18.0 Å². The molecule has 2 amide bonds.